The van der Waals surface area contributed by atoms with Crippen LogP contribution in [0.4, 0.5) is 0 Å². The minimum Gasteiger partial charge on any atom is -0.289 e. The van der Waals surface area contributed by atoms with E-state index in [0.717, 1.165) is 15.3 Å². The molecule has 1 aliphatic rings. The van der Waals surface area contributed by atoms with Crippen LogP contribution in [-0.4, -0.2) is 5.78 Å². The van der Waals surface area contributed by atoms with Crippen molar-refractivity contribution >= 4 is 22.7 Å². The molecule has 0 unspecified atom stereocenters. The van der Waals surface area contributed by atoms with Gasteiger partial charge in [0.1, 0.15) is 17.7 Å². The largest absolute Gasteiger partial charge is 0.289 e. The molecule has 82 valence electrons. The van der Waals surface area contributed by atoms with Crippen molar-refractivity contribution in [3.63, 3.8) is 0 Å². The summed E-state index contributed by atoms with van der Waals surface area (Å²) in [6, 6.07) is 3.66. The maximum absolute atomic E-state index is 12.0. The molecule has 17 heavy (non-hydrogen) atoms. The lowest BCUT2D eigenvalue weighted by Crippen LogP contribution is -1.95. The second kappa shape index (κ2) is 3.69. The zero-order chi connectivity index (χ0) is 12.7. The summed E-state index contributed by atoms with van der Waals surface area (Å²) in [7, 11) is 0. The quantitative estimate of drug-likeness (QED) is 0.517. The van der Waals surface area contributed by atoms with Crippen LogP contribution in [0.3, 0.4) is 0 Å². The van der Waals surface area contributed by atoms with Crippen molar-refractivity contribution in [3.05, 3.63) is 38.6 Å². The number of carbonyl (C=O) groups is 1. The highest BCUT2D eigenvalue weighted by Gasteiger charge is 2.35. The fourth-order valence-corrected chi connectivity index (χ4v) is 3.15. The number of nitrogens with zero attached hydrogens (tertiary/aromatic N) is 2. The van der Waals surface area contributed by atoms with E-state index in [-0.39, 0.29) is 16.9 Å². The predicted molar refractivity (Wildman–Crippen MR) is 65.4 cm³/mol. The molecule has 3 nitrogen and oxygen atoms in total. The van der Waals surface area contributed by atoms with Crippen molar-refractivity contribution in [3.8, 4) is 12.1 Å². The summed E-state index contributed by atoms with van der Waals surface area (Å²) in [5.41, 5.74) is 1.96. The van der Waals surface area contributed by atoms with Crippen molar-refractivity contribution in [2.45, 2.75) is 13.8 Å². The summed E-state index contributed by atoms with van der Waals surface area (Å²) in [4.78, 5) is 13.9. The number of hydrogen-bond acceptors (Lipinski definition) is 4. The van der Waals surface area contributed by atoms with Crippen LogP contribution in [0.25, 0.3) is 5.57 Å². The molecule has 0 bridgehead atoms. The van der Waals surface area contributed by atoms with Crippen LogP contribution in [0.15, 0.2) is 17.7 Å². The molecule has 0 saturated carbocycles. The second-order valence-electron chi connectivity index (χ2n) is 3.75. The molecule has 1 aromatic rings. The van der Waals surface area contributed by atoms with Gasteiger partial charge in [-0.3, -0.25) is 4.79 Å². The molecule has 0 atom stereocenters. The molecule has 2 rings (SSSR count). The monoisotopic (exact) mass is 240 g/mol. The first-order chi connectivity index (χ1) is 8.02. The summed E-state index contributed by atoms with van der Waals surface area (Å²) in [6.07, 6.45) is 0. The second-order valence-corrected chi connectivity index (χ2v) is 5.17. The lowest BCUT2D eigenvalue weighted by Gasteiger charge is -1.99. The standard InChI is InChI=1S/C13H8N2OS/c1-6-10(9(4-14)5-15)11-7(2)17-8(3)12(11)13(6)16/h1H2,2-3H3. The Morgan fingerprint density at radius 1 is 1.18 bits per heavy atom. The Morgan fingerprint density at radius 2 is 1.71 bits per heavy atom. The van der Waals surface area contributed by atoms with Crippen molar-refractivity contribution in [2.24, 2.45) is 0 Å². The number of thiophene rings is 1. The number of fused-ring (bicyclic) bond motifs is 1. The SMILES string of the molecule is C=C1C(=O)c2c(C)sc(C)c2C1=C(C#N)C#N. The molecule has 0 aromatic carbocycles. The molecular formula is C13H8N2OS. The van der Waals surface area contributed by atoms with Crippen LogP contribution in [0.5, 0.6) is 0 Å². The Balaban J connectivity index is 2.92. The Hall–Kier alpha value is -2.17. The third-order valence-corrected chi connectivity index (χ3v) is 3.81. The van der Waals surface area contributed by atoms with Gasteiger partial charge in [0.2, 0.25) is 0 Å². The minimum absolute atomic E-state index is 0.0389. The highest BCUT2D eigenvalue weighted by atomic mass is 32.1. The van der Waals surface area contributed by atoms with E-state index in [1.54, 1.807) is 0 Å². The number of carbonyl (C=O) groups excluding carboxylic acids is 1. The third kappa shape index (κ3) is 1.35. The maximum Gasteiger partial charge on any atom is 0.194 e. The van der Waals surface area contributed by atoms with Gasteiger partial charge in [0.25, 0.3) is 0 Å². The lowest BCUT2D eigenvalue weighted by molar-refractivity contribution is 0.104. The van der Waals surface area contributed by atoms with Gasteiger partial charge in [-0.1, -0.05) is 6.58 Å². The smallest absolute Gasteiger partial charge is 0.194 e. The van der Waals surface area contributed by atoms with Gasteiger partial charge >= 0.3 is 0 Å². The van der Waals surface area contributed by atoms with E-state index >= 15 is 0 Å². The van der Waals surface area contributed by atoms with Crippen molar-refractivity contribution in [1.82, 2.24) is 0 Å². The molecule has 1 heterocycles. The number of hydrogen-bond donors (Lipinski definition) is 0. The van der Waals surface area contributed by atoms with Gasteiger partial charge < -0.3 is 0 Å². The number of Topliss-reactive ketones (excluding diaryl/α,β-unsaturated/α-hetero) is 1. The molecule has 0 N–H and O–H groups in total. The van der Waals surface area contributed by atoms with E-state index in [9.17, 15) is 4.79 Å². The molecule has 1 aliphatic carbocycles. The predicted octanol–water partition coefficient (Wildman–Crippen LogP) is 2.92. The minimum atomic E-state index is -0.167. The van der Waals surface area contributed by atoms with Gasteiger partial charge in [0.15, 0.2) is 5.78 Å². The number of aryl methyl sites for hydroxylation is 2. The highest BCUT2D eigenvalue weighted by Crippen LogP contribution is 2.44. The van der Waals surface area contributed by atoms with Crippen LogP contribution < -0.4 is 0 Å². The van der Waals surface area contributed by atoms with Gasteiger partial charge in [0.05, 0.1) is 0 Å². The number of rotatable bonds is 0. The normalized spacial score (nSPS) is 13.3. The average Bonchev–Trinajstić information content (AvgIpc) is 2.72. The van der Waals surface area contributed by atoms with Gasteiger partial charge in [-0.2, -0.15) is 10.5 Å². The van der Waals surface area contributed by atoms with E-state index in [1.165, 1.54) is 11.3 Å². The fourth-order valence-electron chi connectivity index (χ4n) is 2.09. The fraction of sp³-hybridized carbons (Fsp3) is 0.154. The van der Waals surface area contributed by atoms with Crippen LogP contribution in [0.1, 0.15) is 25.7 Å². The maximum atomic E-state index is 12.0. The molecule has 0 saturated heterocycles. The molecule has 1 aromatic heterocycles. The van der Waals surface area contributed by atoms with Crippen molar-refractivity contribution in [2.75, 3.05) is 0 Å². The van der Waals surface area contributed by atoms with Gasteiger partial charge in [-0.25, -0.2) is 0 Å². The number of ketones is 1. The average molecular weight is 240 g/mol. The molecule has 0 fully saturated rings. The summed E-state index contributed by atoms with van der Waals surface area (Å²) in [6.45, 7) is 7.45. The summed E-state index contributed by atoms with van der Waals surface area (Å²) >= 11 is 1.50. The van der Waals surface area contributed by atoms with Gasteiger partial charge in [0, 0.05) is 32.0 Å². The van der Waals surface area contributed by atoms with Crippen LogP contribution >= 0.6 is 11.3 Å². The molecule has 0 aliphatic heterocycles. The Labute approximate surface area is 103 Å². The molecular weight excluding hydrogens is 232 g/mol. The third-order valence-electron chi connectivity index (χ3n) is 2.79. The van der Waals surface area contributed by atoms with E-state index in [1.807, 2.05) is 26.0 Å². The van der Waals surface area contributed by atoms with Gasteiger partial charge in [-0.15, -0.1) is 11.3 Å². The van der Waals surface area contributed by atoms with Crippen LogP contribution in [0, 0.1) is 36.5 Å². The van der Waals surface area contributed by atoms with Crippen molar-refractivity contribution < 1.29 is 4.79 Å². The molecule has 0 spiro atoms. The number of nitriles is 2. The first kappa shape index (κ1) is 11.3. The van der Waals surface area contributed by atoms with Crippen LogP contribution in [0.2, 0.25) is 0 Å². The first-order valence-corrected chi connectivity index (χ1v) is 5.73. The molecule has 0 amide bonds. The summed E-state index contributed by atoms with van der Waals surface area (Å²) in [5, 5.41) is 17.9. The highest BCUT2D eigenvalue weighted by molar-refractivity contribution is 7.12. The Bertz CT molecular complexity index is 661. The zero-order valence-corrected chi connectivity index (χ0v) is 10.2. The van der Waals surface area contributed by atoms with E-state index in [2.05, 4.69) is 6.58 Å². The molecule has 4 heteroatoms. The Morgan fingerprint density at radius 3 is 2.24 bits per heavy atom. The van der Waals surface area contributed by atoms with E-state index in [0.29, 0.717) is 11.1 Å². The number of allylic oxidation sites excluding steroid dienone is 3. The summed E-state index contributed by atoms with van der Waals surface area (Å²) in [5.74, 6) is -0.167. The van der Waals surface area contributed by atoms with Gasteiger partial charge in [-0.05, 0) is 13.8 Å². The van der Waals surface area contributed by atoms with Crippen LogP contribution in [-0.2, 0) is 0 Å². The lowest BCUT2D eigenvalue weighted by atomic mass is 10.0. The van der Waals surface area contributed by atoms with Crippen molar-refractivity contribution in [1.29, 1.82) is 10.5 Å². The first-order valence-electron chi connectivity index (χ1n) is 4.91. The molecule has 0 radical (unpaired) electrons. The van der Waals surface area contributed by atoms with E-state index < -0.39 is 0 Å². The topological polar surface area (TPSA) is 64.7 Å². The Kier molecular flexibility index (Phi) is 2.46. The summed E-state index contributed by atoms with van der Waals surface area (Å²) < 4.78 is 0. The zero-order valence-electron chi connectivity index (χ0n) is 9.42. The van der Waals surface area contributed by atoms with E-state index in [4.69, 9.17) is 10.5 Å².